The van der Waals surface area contributed by atoms with Gasteiger partial charge in [-0.05, 0) is 25.1 Å². The number of hydrogen-bond donors (Lipinski definition) is 0. The molecular weight excluding hydrogens is 328 g/mol. The van der Waals surface area contributed by atoms with Gasteiger partial charge < -0.3 is 9.32 Å². The second-order valence-corrected chi connectivity index (χ2v) is 6.34. The number of piperazine rings is 1. The Morgan fingerprint density at radius 1 is 1.29 bits per heavy atom. The number of amides is 1. The van der Waals surface area contributed by atoms with Crippen LogP contribution in [0.2, 0.25) is 5.02 Å². The second-order valence-electron chi connectivity index (χ2n) is 5.90. The van der Waals surface area contributed by atoms with Crippen LogP contribution in [-0.2, 0) is 6.42 Å². The van der Waals surface area contributed by atoms with Crippen LogP contribution in [0.1, 0.15) is 42.0 Å². The number of aryl methyl sites for hydroxylation is 1. The van der Waals surface area contributed by atoms with Gasteiger partial charge in [0.2, 0.25) is 11.8 Å². The molecule has 24 heavy (non-hydrogen) atoms. The third-order valence-corrected chi connectivity index (χ3v) is 4.60. The Hall–Kier alpha value is -1.92. The smallest absolute Gasteiger partial charge is 0.253 e. The van der Waals surface area contributed by atoms with Crippen LogP contribution in [0.25, 0.3) is 0 Å². The lowest BCUT2D eigenvalue weighted by Gasteiger charge is -2.36. The minimum Gasteiger partial charge on any atom is -0.424 e. The van der Waals surface area contributed by atoms with Crippen LogP contribution in [0.4, 0.5) is 0 Å². The van der Waals surface area contributed by atoms with Gasteiger partial charge in [0.1, 0.15) is 0 Å². The molecule has 3 rings (SSSR count). The molecule has 0 N–H and O–H groups in total. The first kappa shape index (κ1) is 16.9. The standard InChI is InChI=1S/C17H21ClN4O2/c1-3-15-19-20-16(24-15)12(2)21-7-9-22(10-8-21)17(23)13-5-4-6-14(18)11-13/h4-6,11-12H,3,7-10H2,1-2H3. The van der Waals surface area contributed by atoms with E-state index in [1.807, 2.05) is 11.8 Å². The summed E-state index contributed by atoms with van der Waals surface area (Å²) in [6.45, 7) is 6.94. The maximum Gasteiger partial charge on any atom is 0.253 e. The third-order valence-electron chi connectivity index (χ3n) is 4.36. The first-order chi connectivity index (χ1) is 11.6. The molecular formula is C17H21ClN4O2. The van der Waals surface area contributed by atoms with Gasteiger partial charge in [0, 0.05) is 43.2 Å². The highest BCUT2D eigenvalue weighted by Crippen LogP contribution is 2.21. The molecule has 7 heteroatoms. The largest absolute Gasteiger partial charge is 0.424 e. The van der Waals surface area contributed by atoms with Crippen LogP contribution >= 0.6 is 11.6 Å². The molecule has 1 atom stereocenters. The van der Waals surface area contributed by atoms with Crippen LogP contribution < -0.4 is 0 Å². The Balaban J connectivity index is 1.60. The zero-order valence-corrected chi connectivity index (χ0v) is 14.7. The molecule has 0 aliphatic carbocycles. The SMILES string of the molecule is CCc1nnc(C(C)N2CCN(C(=O)c3cccc(Cl)c3)CC2)o1. The Bertz CT molecular complexity index is 710. The molecule has 2 aromatic rings. The van der Waals surface area contributed by atoms with E-state index in [0.717, 1.165) is 19.5 Å². The molecule has 1 amide bonds. The van der Waals surface area contributed by atoms with Crippen molar-refractivity contribution in [3.63, 3.8) is 0 Å². The average molecular weight is 349 g/mol. The number of benzene rings is 1. The summed E-state index contributed by atoms with van der Waals surface area (Å²) in [4.78, 5) is 16.7. The topological polar surface area (TPSA) is 62.5 Å². The molecule has 0 spiro atoms. The number of carbonyl (C=O) groups is 1. The maximum absolute atomic E-state index is 12.5. The Morgan fingerprint density at radius 3 is 2.67 bits per heavy atom. The predicted molar refractivity (Wildman–Crippen MR) is 91.0 cm³/mol. The van der Waals surface area contributed by atoms with Gasteiger partial charge in [-0.15, -0.1) is 10.2 Å². The minimum atomic E-state index is 0.0239. The molecule has 0 bridgehead atoms. The summed E-state index contributed by atoms with van der Waals surface area (Å²) in [7, 11) is 0. The molecule has 0 saturated carbocycles. The van der Waals surface area contributed by atoms with E-state index in [9.17, 15) is 4.79 Å². The van der Waals surface area contributed by atoms with Crippen molar-refractivity contribution in [2.75, 3.05) is 26.2 Å². The van der Waals surface area contributed by atoms with E-state index in [1.54, 1.807) is 24.3 Å². The monoisotopic (exact) mass is 348 g/mol. The zero-order valence-electron chi connectivity index (χ0n) is 13.9. The fourth-order valence-electron chi connectivity index (χ4n) is 2.85. The second kappa shape index (κ2) is 7.32. The van der Waals surface area contributed by atoms with Gasteiger partial charge in [0.25, 0.3) is 5.91 Å². The lowest BCUT2D eigenvalue weighted by Crippen LogP contribution is -2.49. The molecule has 2 heterocycles. The van der Waals surface area contributed by atoms with Gasteiger partial charge >= 0.3 is 0 Å². The van der Waals surface area contributed by atoms with Gasteiger partial charge in [-0.2, -0.15) is 0 Å². The summed E-state index contributed by atoms with van der Waals surface area (Å²) in [5.41, 5.74) is 0.633. The Labute approximate surface area is 146 Å². The van der Waals surface area contributed by atoms with Gasteiger partial charge in [-0.3, -0.25) is 9.69 Å². The molecule has 1 fully saturated rings. The lowest BCUT2D eigenvalue weighted by molar-refractivity contribution is 0.0557. The van der Waals surface area contributed by atoms with Gasteiger partial charge in [-0.25, -0.2) is 0 Å². The minimum absolute atomic E-state index is 0.0239. The molecule has 1 aliphatic rings. The van der Waals surface area contributed by atoms with E-state index in [1.165, 1.54) is 0 Å². The van der Waals surface area contributed by atoms with E-state index in [2.05, 4.69) is 22.0 Å². The van der Waals surface area contributed by atoms with Crippen LogP contribution in [0, 0.1) is 0 Å². The van der Waals surface area contributed by atoms with Gasteiger partial charge in [0.15, 0.2) is 0 Å². The summed E-state index contributed by atoms with van der Waals surface area (Å²) < 4.78 is 5.65. The lowest BCUT2D eigenvalue weighted by atomic mass is 10.1. The highest BCUT2D eigenvalue weighted by atomic mass is 35.5. The fraction of sp³-hybridized carbons (Fsp3) is 0.471. The number of hydrogen-bond acceptors (Lipinski definition) is 5. The molecule has 1 saturated heterocycles. The number of aromatic nitrogens is 2. The molecule has 6 nitrogen and oxygen atoms in total. The average Bonchev–Trinajstić information content (AvgIpc) is 3.10. The molecule has 0 radical (unpaired) electrons. The summed E-state index contributed by atoms with van der Waals surface area (Å²) in [6.07, 6.45) is 0.738. The van der Waals surface area contributed by atoms with Crippen molar-refractivity contribution in [2.24, 2.45) is 0 Å². The first-order valence-electron chi connectivity index (χ1n) is 8.19. The van der Waals surface area contributed by atoms with Crippen LogP contribution in [0.5, 0.6) is 0 Å². The van der Waals surface area contributed by atoms with E-state index >= 15 is 0 Å². The van der Waals surface area contributed by atoms with Gasteiger partial charge in [0.05, 0.1) is 6.04 Å². The summed E-state index contributed by atoms with van der Waals surface area (Å²) in [5, 5.41) is 8.72. The highest BCUT2D eigenvalue weighted by Gasteiger charge is 2.27. The molecule has 1 aromatic heterocycles. The fourth-order valence-corrected chi connectivity index (χ4v) is 3.04. The van der Waals surface area contributed by atoms with Crippen molar-refractivity contribution >= 4 is 17.5 Å². The molecule has 1 unspecified atom stereocenters. The third kappa shape index (κ3) is 3.60. The molecule has 1 aliphatic heterocycles. The van der Waals surface area contributed by atoms with E-state index < -0.39 is 0 Å². The summed E-state index contributed by atoms with van der Waals surface area (Å²) >= 11 is 5.97. The number of carbonyl (C=O) groups excluding carboxylic acids is 1. The van der Waals surface area contributed by atoms with Crippen molar-refractivity contribution in [2.45, 2.75) is 26.3 Å². The maximum atomic E-state index is 12.5. The van der Waals surface area contributed by atoms with E-state index in [0.29, 0.717) is 35.5 Å². The van der Waals surface area contributed by atoms with Crippen LogP contribution in [0.15, 0.2) is 28.7 Å². The predicted octanol–water partition coefficient (Wildman–Crippen LogP) is 2.80. The quantitative estimate of drug-likeness (QED) is 0.850. The van der Waals surface area contributed by atoms with Crippen LogP contribution in [0.3, 0.4) is 0 Å². The number of nitrogens with zero attached hydrogens (tertiary/aromatic N) is 4. The van der Waals surface area contributed by atoms with Crippen molar-refractivity contribution < 1.29 is 9.21 Å². The van der Waals surface area contributed by atoms with E-state index in [4.69, 9.17) is 16.0 Å². The first-order valence-corrected chi connectivity index (χ1v) is 8.57. The Kier molecular flexibility index (Phi) is 5.16. The van der Waals surface area contributed by atoms with Crippen molar-refractivity contribution in [3.8, 4) is 0 Å². The number of halogens is 1. The normalized spacial score (nSPS) is 17.0. The summed E-state index contributed by atoms with van der Waals surface area (Å²) in [6, 6.07) is 7.14. The summed E-state index contributed by atoms with van der Waals surface area (Å²) in [5.74, 6) is 1.32. The van der Waals surface area contributed by atoms with Crippen molar-refractivity contribution in [1.82, 2.24) is 20.0 Å². The zero-order chi connectivity index (χ0) is 17.1. The molecule has 1 aromatic carbocycles. The number of rotatable bonds is 4. The van der Waals surface area contributed by atoms with Gasteiger partial charge in [-0.1, -0.05) is 24.6 Å². The van der Waals surface area contributed by atoms with Crippen molar-refractivity contribution in [3.05, 3.63) is 46.6 Å². The highest BCUT2D eigenvalue weighted by molar-refractivity contribution is 6.30. The Morgan fingerprint density at radius 2 is 2.04 bits per heavy atom. The van der Waals surface area contributed by atoms with Crippen molar-refractivity contribution in [1.29, 1.82) is 0 Å². The molecule has 128 valence electrons. The van der Waals surface area contributed by atoms with E-state index in [-0.39, 0.29) is 11.9 Å². The van der Waals surface area contributed by atoms with Crippen LogP contribution in [-0.4, -0.2) is 52.1 Å².